The molecule has 1 heterocycles. The number of rotatable bonds is 5. The van der Waals surface area contributed by atoms with E-state index in [1.807, 2.05) is 6.92 Å². The van der Waals surface area contributed by atoms with Gasteiger partial charge in [0.05, 0.1) is 16.2 Å². The normalized spacial score (nSPS) is 12.1. The van der Waals surface area contributed by atoms with Gasteiger partial charge in [-0.05, 0) is 36.1 Å². The minimum Gasteiger partial charge on any atom is -0.380 e. The number of carbonyl (C=O) groups excluding carboxylic acids is 1. The fourth-order valence-corrected chi connectivity index (χ4v) is 2.37. The van der Waals surface area contributed by atoms with E-state index in [1.54, 1.807) is 23.9 Å². The summed E-state index contributed by atoms with van der Waals surface area (Å²) in [6.45, 7) is 1.99. The first-order valence-electron chi connectivity index (χ1n) is 7.12. The molecule has 9 heteroatoms. The quantitative estimate of drug-likeness (QED) is 0.286. The molecule has 0 aliphatic carbocycles. The molecule has 5 nitrogen and oxygen atoms in total. The Labute approximate surface area is 146 Å². The highest BCUT2D eigenvalue weighted by Crippen LogP contribution is 2.29. The molecule has 2 rings (SSSR count). The number of aromatic nitrogens is 1. The Bertz CT molecular complexity index is 777. The van der Waals surface area contributed by atoms with Crippen molar-refractivity contribution in [1.29, 1.82) is 0 Å². The third kappa shape index (κ3) is 5.21. The largest absolute Gasteiger partial charge is 0.416 e. The molecule has 0 atom stereocenters. The van der Waals surface area contributed by atoms with E-state index in [0.29, 0.717) is 11.6 Å². The second-order valence-electron chi connectivity index (χ2n) is 4.75. The molecule has 0 amide bonds. The van der Waals surface area contributed by atoms with E-state index in [-0.39, 0.29) is 11.4 Å². The standard InChI is InChI=1S/C16H14F3N3O2S/c1-2-25-13-7-6-11(9-21-13)14(20)22-24-15(23)10-4-3-5-12(8-10)16(17,18)19/h3-9H,2H2,1H3,(H2,20,22). The fraction of sp³-hybridized carbons (Fsp3) is 0.188. The number of amidine groups is 1. The minimum absolute atomic E-state index is 0.110. The van der Waals surface area contributed by atoms with Gasteiger partial charge in [-0.1, -0.05) is 18.1 Å². The van der Waals surface area contributed by atoms with Crippen molar-refractivity contribution in [3.05, 3.63) is 59.3 Å². The van der Waals surface area contributed by atoms with E-state index in [0.717, 1.165) is 22.9 Å². The van der Waals surface area contributed by atoms with Gasteiger partial charge in [0.15, 0.2) is 5.84 Å². The lowest BCUT2D eigenvalue weighted by atomic mass is 10.1. The van der Waals surface area contributed by atoms with Crippen LogP contribution in [-0.2, 0) is 11.0 Å². The van der Waals surface area contributed by atoms with Crippen molar-refractivity contribution in [2.45, 2.75) is 18.1 Å². The third-order valence-electron chi connectivity index (χ3n) is 2.98. The average Bonchev–Trinajstić information content (AvgIpc) is 2.59. The molecule has 1 aromatic carbocycles. The summed E-state index contributed by atoms with van der Waals surface area (Å²) < 4.78 is 37.9. The topological polar surface area (TPSA) is 77.6 Å². The number of hydrogen-bond donors (Lipinski definition) is 1. The molecule has 0 fully saturated rings. The van der Waals surface area contributed by atoms with E-state index in [1.165, 1.54) is 12.3 Å². The number of carbonyl (C=O) groups is 1. The van der Waals surface area contributed by atoms with Crippen LogP contribution in [0.25, 0.3) is 0 Å². The van der Waals surface area contributed by atoms with E-state index < -0.39 is 17.7 Å². The van der Waals surface area contributed by atoms with Crippen LogP contribution in [-0.4, -0.2) is 22.5 Å². The summed E-state index contributed by atoms with van der Waals surface area (Å²) in [4.78, 5) is 20.6. The van der Waals surface area contributed by atoms with Crippen LogP contribution in [0.2, 0.25) is 0 Å². The lowest BCUT2D eigenvalue weighted by Gasteiger charge is -2.07. The van der Waals surface area contributed by atoms with Crippen molar-refractivity contribution < 1.29 is 22.8 Å². The van der Waals surface area contributed by atoms with Crippen molar-refractivity contribution >= 4 is 23.6 Å². The van der Waals surface area contributed by atoms with Gasteiger partial charge in [-0.2, -0.15) is 13.2 Å². The van der Waals surface area contributed by atoms with Crippen LogP contribution < -0.4 is 5.73 Å². The zero-order valence-electron chi connectivity index (χ0n) is 13.1. The number of nitrogens with zero attached hydrogens (tertiary/aromatic N) is 2. The summed E-state index contributed by atoms with van der Waals surface area (Å²) in [7, 11) is 0. The Kier molecular flexibility index (Phi) is 6.02. The van der Waals surface area contributed by atoms with E-state index in [9.17, 15) is 18.0 Å². The van der Waals surface area contributed by atoms with Gasteiger partial charge in [0.25, 0.3) is 0 Å². The fourth-order valence-electron chi connectivity index (χ4n) is 1.78. The Hall–Kier alpha value is -2.55. The molecule has 0 spiro atoms. The van der Waals surface area contributed by atoms with Crippen LogP contribution in [0.3, 0.4) is 0 Å². The van der Waals surface area contributed by atoms with Crippen molar-refractivity contribution in [1.82, 2.24) is 4.98 Å². The number of alkyl halides is 3. The SMILES string of the molecule is CCSc1ccc(C(N)=NOC(=O)c2cccc(C(F)(F)F)c2)cn1. The zero-order valence-corrected chi connectivity index (χ0v) is 13.9. The molecule has 2 aromatic rings. The maximum atomic E-state index is 12.6. The molecule has 25 heavy (non-hydrogen) atoms. The summed E-state index contributed by atoms with van der Waals surface area (Å²) in [5.74, 6) is -0.286. The van der Waals surface area contributed by atoms with Crippen molar-refractivity contribution in [3.63, 3.8) is 0 Å². The first kappa shape index (κ1) is 18.8. The van der Waals surface area contributed by atoms with Gasteiger partial charge in [0.2, 0.25) is 0 Å². The first-order chi connectivity index (χ1) is 11.8. The van der Waals surface area contributed by atoms with Crippen LogP contribution in [0.1, 0.15) is 28.4 Å². The molecule has 0 saturated carbocycles. The Morgan fingerprint density at radius 2 is 2.04 bits per heavy atom. The van der Waals surface area contributed by atoms with Crippen LogP contribution in [0.5, 0.6) is 0 Å². The third-order valence-corrected chi connectivity index (χ3v) is 3.80. The molecule has 0 unspecified atom stereocenters. The highest BCUT2D eigenvalue weighted by molar-refractivity contribution is 7.99. The number of halogens is 3. The van der Waals surface area contributed by atoms with Gasteiger partial charge < -0.3 is 10.6 Å². The molecule has 132 valence electrons. The molecule has 0 saturated heterocycles. The van der Waals surface area contributed by atoms with Crippen LogP contribution in [0.4, 0.5) is 13.2 Å². The van der Waals surface area contributed by atoms with Crippen LogP contribution >= 0.6 is 11.8 Å². The predicted octanol–water partition coefficient (Wildman–Crippen LogP) is 3.69. The predicted molar refractivity (Wildman–Crippen MR) is 88.2 cm³/mol. The maximum absolute atomic E-state index is 12.6. The molecular weight excluding hydrogens is 355 g/mol. The minimum atomic E-state index is -4.55. The van der Waals surface area contributed by atoms with Gasteiger partial charge in [0.1, 0.15) is 0 Å². The lowest BCUT2D eigenvalue weighted by Crippen LogP contribution is -2.16. The number of oxime groups is 1. The summed E-state index contributed by atoms with van der Waals surface area (Å²) in [5, 5.41) is 4.26. The highest BCUT2D eigenvalue weighted by atomic mass is 32.2. The Morgan fingerprint density at radius 3 is 2.64 bits per heavy atom. The van der Waals surface area contributed by atoms with E-state index >= 15 is 0 Å². The van der Waals surface area contributed by atoms with E-state index in [4.69, 9.17) is 5.73 Å². The monoisotopic (exact) mass is 369 g/mol. The number of hydrogen-bond acceptors (Lipinski definition) is 5. The van der Waals surface area contributed by atoms with E-state index in [2.05, 4.69) is 15.0 Å². The summed E-state index contributed by atoms with van der Waals surface area (Å²) in [5.41, 5.74) is 4.89. The average molecular weight is 369 g/mol. The molecule has 0 aliphatic heterocycles. The Balaban J connectivity index is 2.08. The van der Waals surface area contributed by atoms with Crippen molar-refractivity contribution in [2.24, 2.45) is 10.9 Å². The number of pyridine rings is 1. The molecule has 2 N–H and O–H groups in total. The molecule has 0 bridgehead atoms. The van der Waals surface area contributed by atoms with Gasteiger partial charge in [-0.15, -0.1) is 11.8 Å². The molecule has 1 aromatic heterocycles. The van der Waals surface area contributed by atoms with Crippen LogP contribution in [0, 0.1) is 0 Å². The number of nitrogens with two attached hydrogens (primary N) is 1. The number of thioether (sulfide) groups is 1. The van der Waals surface area contributed by atoms with Gasteiger partial charge in [-0.25, -0.2) is 9.78 Å². The summed E-state index contributed by atoms with van der Waals surface area (Å²) >= 11 is 1.55. The summed E-state index contributed by atoms with van der Waals surface area (Å²) in [6, 6.07) is 7.24. The first-order valence-corrected chi connectivity index (χ1v) is 8.11. The lowest BCUT2D eigenvalue weighted by molar-refractivity contribution is -0.137. The van der Waals surface area contributed by atoms with Crippen LogP contribution in [0.15, 0.2) is 52.8 Å². The highest BCUT2D eigenvalue weighted by Gasteiger charge is 2.31. The smallest absolute Gasteiger partial charge is 0.380 e. The van der Waals surface area contributed by atoms with Crippen molar-refractivity contribution in [2.75, 3.05) is 5.75 Å². The van der Waals surface area contributed by atoms with Gasteiger partial charge in [-0.3, -0.25) is 0 Å². The second-order valence-corrected chi connectivity index (χ2v) is 6.04. The molecule has 0 radical (unpaired) electrons. The zero-order chi connectivity index (χ0) is 18.4. The Morgan fingerprint density at radius 1 is 1.28 bits per heavy atom. The van der Waals surface area contributed by atoms with Gasteiger partial charge >= 0.3 is 12.1 Å². The van der Waals surface area contributed by atoms with Gasteiger partial charge in [0, 0.05) is 11.8 Å². The molecule has 0 aliphatic rings. The second kappa shape index (κ2) is 8.02. The van der Waals surface area contributed by atoms with Crippen molar-refractivity contribution in [3.8, 4) is 0 Å². The maximum Gasteiger partial charge on any atom is 0.416 e. The summed E-state index contributed by atoms with van der Waals surface area (Å²) in [6.07, 6.45) is -3.09. The number of benzene rings is 1. The molecular formula is C16H14F3N3O2S.